The third-order valence-electron chi connectivity index (χ3n) is 7.63. The van der Waals surface area contributed by atoms with E-state index >= 15 is 0 Å². The maximum atomic E-state index is 11.1. The summed E-state index contributed by atoms with van der Waals surface area (Å²) in [6.45, 7) is 4.75. The van der Waals surface area contributed by atoms with Gasteiger partial charge in [-0.15, -0.1) is 11.3 Å². The van der Waals surface area contributed by atoms with E-state index in [9.17, 15) is 5.11 Å². The number of rotatable bonds is 3. The number of hydrogen-bond acceptors (Lipinski definition) is 3. The molecule has 5 heteroatoms. The zero-order chi connectivity index (χ0) is 20.7. The Labute approximate surface area is 189 Å². The maximum Gasteiger partial charge on any atom is 0.147 e. The summed E-state index contributed by atoms with van der Waals surface area (Å²) >= 11 is 1.83. The highest BCUT2D eigenvalue weighted by atomic mass is 32.1. The van der Waals surface area contributed by atoms with Gasteiger partial charge in [-0.3, -0.25) is 0 Å². The van der Waals surface area contributed by atoms with Crippen molar-refractivity contribution >= 4 is 43.6 Å². The first-order valence-electron chi connectivity index (χ1n) is 12.0. The van der Waals surface area contributed by atoms with E-state index in [2.05, 4.69) is 35.9 Å². The largest absolute Gasteiger partial charge is 0.351 e. The van der Waals surface area contributed by atoms with E-state index in [4.69, 9.17) is 0 Å². The number of aliphatic hydroxyl groups excluding tert-OH is 1. The van der Waals surface area contributed by atoms with Gasteiger partial charge in [0, 0.05) is 16.8 Å². The quantitative estimate of drug-likeness (QED) is 0.551. The lowest BCUT2D eigenvalue weighted by Crippen LogP contribution is -2.49. The van der Waals surface area contributed by atoms with Crippen molar-refractivity contribution in [3.63, 3.8) is 0 Å². The second-order valence-corrected chi connectivity index (χ2v) is 12.0. The fourth-order valence-corrected chi connectivity index (χ4v) is 8.11. The molecule has 2 aliphatic heterocycles. The van der Waals surface area contributed by atoms with Crippen molar-refractivity contribution in [1.29, 1.82) is 0 Å². The van der Waals surface area contributed by atoms with Gasteiger partial charge in [0.2, 0.25) is 0 Å². The number of thiophene rings is 1. The van der Waals surface area contributed by atoms with Crippen LogP contribution in [0, 0.1) is 11.8 Å². The summed E-state index contributed by atoms with van der Waals surface area (Å²) in [5.74, 6) is 1.46. The van der Waals surface area contributed by atoms with Crippen LogP contribution in [-0.4, -0.2) is 46.2 Å². The molecule has 0 bridgehead atoms. The van der Waals surface area contributed by atoms with Crippen molar-refractivity contribution in [2.75, 3.05) is 25.0 Å². The Hall–Kier alpha value is -0.880. The predicted molar refractivity (Wildman–Crippen MR) is 134 cm³/mol. The molecule has 0 unspecified atom stereocenters. The molecular formula is C25H36N2OS2. The summed E-state index contributed by atoms with van der Waals surface area (Å²) in [6, 6.07) is 2.99. The fourth-order valence-electron chi connectivity index (χ4n) is 5.66. The van der Waals surface area contributed by atoms with Gasteiger partial charge in [0.1, 0.15) is 5.05 Å². The lowest BCUT2D eigenvalue weighted by atomic mass is 9.82. The van der Waals surface area contributed by atoms with Crippen LogP contribution in [0.4, 0.5) is 5.69 Å². The molecule has 5 rings (SSSR count). The van der Waals surface area contributed by atoms with Crippen LogP contribution in [0.5, 0.6) is 0 Å². The number of aliphatic hydroxyl groups is 1. The number of hydrogen-bond donors (Lipinski definition) is 1. The summed E-state index contributed by atoms with van der Waals surface area (Å²) in [5, 5.41) is 11.7. The topological polar surface area (TPSA) is 26.7 Å². The minimum absolute atomic E-state index is 0.551. The third kappa shape index (κ3) is 4.11. The van der Waals surface area contributed by atoms with Crippen LogP contribution >= 0.6 is 22.3 Å². The van der Waals surface area contributed by atoms with Gasteiger partial charge in [0.15, 0.2) is 0 Å². The Morgan fingerprint density at radius 3 is 2.50 bits per heavy atom. The molecule has 1 N–H and O–H groups in total. The van der Waals surface area contributed by atoms with Gasteiger partial charge < -0.3 is 14.9 Å². The summed E-state index contributed by atoms with van der Waals surface area (Å²) in [4.78, 5) is 9.13. The molecule has 1 aromatic rings. The number of likely N-dealkylation sites (tertiary alicyclic amines) is 1. The molecule has 3 nitrogen and oxygen atoms in total. The molecule has 4 aliphatic rings. The number of allylic oxidation sites excluding steroid dienone is 2. The smallest absolute Gasteiger partial charge is 0.147 e. The molecule has 0 aromatic carbocycles. The fraction of sp³-hybridized carbons (Fsp3) is 0.680. The highest BCUT2D eigenvalue weighted by Gasteiger charge is 2.36. The van der Waals surface area contributed by atoms with Crippen molar-refractivity contribution in [2.45, 2.75) is 77.2 Å². The molecule has 1 saturated heterocycles. The minimum Gasteiger partial charge on any atom is -0.351 e. The highest BCUT2D eigenvalue weighted by Crippen LogP contribution is 2.43. The second kappa shape index (κ2) is 8.93. The van der Waals surface area contributed by atoms with Crippen LogP contribution in [0.25, 0.3) is 5.57 Å². The average Bonchev–Trinajstić information content (AvgIpc) is 3.22. The Morgan fingerprint density at radius 1 is 1.03 bits per heavy atom. The number of anilines is 1. The highest BCUT2D eigenvalue weighted by molar-refractivity contribution is 7.98. The van der Waals surface area contributed by atoms with Gasteiger partial charge in [-0.05, 0) is 89.1 Å². The van der Waals surface area contributed by atoms with E-state index < -0.39 is 0 Å². The number of nitrogens with zero attached hydrogens (tertiary/aromatic N) is 2. The third-order valence-corrected chi connectivity index (χ3v) is 10.1. The number of fused-ring (bicyclic) bond motifs is 1. The molecule has 30 heavy (non-hydrogen) atoms. The molecule has 1 saturated carbocycles. The lowest BCUT2D eigenvalue weighted by molar-refractivity contribution is 0.255. The van der Waals surface area contributed by atoms with Crippen molar-refractivity contribution in [1.82, 2.24) is 4.90 Å². The van der Waals surface area contributed by atoms with Crippen LogP contribution in [-0.2, 0) is 0 Å². The predicted octanol–water partition coefficient (Wildman–Crippen LogP) is 6.35. The van der Waals surface area contributed by atoms with Crippen LogP contribution in [0.3, 0.4) is 0 Å². The van der Waals surface area contributed by atoms with Crippen molar-refractivity contribution in [3.05, 3.63) is 21.9 Å². The van der Waals surface area contributed by atoms with Crippen LogP contribution in [0.15, 0.2) is 12.1 Å². The minimum atomic E-state index is 0.551. The normalized spacial score (nSPS) is 28.9. The summed E-state index contributed by atoms with van der Waals surface area (Å²) in [7, 11) is 3.94. The van der Waals surface area contributed by atoms with Gasteiger partial charge in [-0.25, -0.2) is 0 Å². The molecule has 3 heterocycles. The van der Waals surface area contributed by atoms with Gasteiger partial charge >= 0.3 is 0 Å². The van der Waals surface area contributed by atoms with Gasteiger partial charge in [-0.1, -0.05) is 36.8 Å². The molecular weight excluding hydrogens is 408 g/mol. The van der Waals surface area contributed by atoms with E-state index in [0.29, 0.717) is 17.0 Å². The van der Waals surface area contributed by atoms with E-state index in [1.54, 1.807) is 10.9 Å². The average molecular weight is 445 g/mol. The first-order chi connectivity index (χ1) is 14.6. The van der Waals surface area contributed by atoms with E-state index in [1.165, 1.54) is 98.4 Å². The zero-order valence-corrected chi connectivity index (χ0v) is 20.2. The second-order valence-electron chi connectivity index (χ2n) is 9.91. The molecule has 0 atom stereocenters. The van der Waals surface area contributed by atoms with Crippen molar-refractivity contribution in [3.8, 4) is 0 Å². The van der Waals surface area contributed by atoms with Crippen molar-refractivity contribution < 1.29 is 5.11 Å². The summed E-state index contributed by atoms with van der Waals surface area (Å²) < 4.78 is 0. The molecule has 164 valence electrons. The molecule has 2 fully saturated rings. The number of piperidine rings is 1. The summed E-state index contributed by atoms with van der Waals surface area (Å²) in [6.07, 6.45) is 15.1. The summed E-state index contributed by atoms with van der Waals surface area (Å²) in [5.41, 5.74) is 2.82. The van der Waals surface area contributed by atoms with Crippen LogP contribution < -0.4 is 4.90 Å². The Morgan fingerprint density at radius 2 is 1.80 bits per heavy atom. The van der Waals surface area contributed by atoms with E-state index in [0.717, 1.165) is 10.8 Å². The monoisotopic (exact) mass is 444 g/mol. The van der Waals surface area contributed by atoms with E-state index in [1.807, 2.05) is 11.3 Å². The molecule has 0 amide bonds. The lowest BCUT2D eigenvalue weighted by Gasteiger charge is -2.43. The van der Waals surface area contributed by atoms with E-state index in [-0.39, 0.29) is 0 Å². The Balaban J connectivity index is 1.53. The van der Waals surface area contributed by atoms with Crippen LogP contribution in [0.1, 0.15) is 80.9 Å². The van der Waals surface area contributed by atoms with Crippen molar-refractivity contribution in [2.24, 2.45) is 11.8 Å². The zero-order valence-electron chi connectivity index (χ0n) is 18.5. The molecule has 0 spiro atoms. The Bertz CT molecular complexity index is 879. The van der Waals surface area contributed by atoms with Crippen LogP contribution in [0.2, 0.25) is 0 Å². The maximum absolute atomic E-state index is 11.1. The first-order valence-corrected chi connectivity index (χ1v) is 13.7. The van der Waals surface area contributed by atoms with Gasteiger partial charge in [0.25, 0.3) is 0 Å². The first kappa shape index (κ1) is 21.0. The SMILES string of the molecule is CC1CCC(C2=S=C(O)c3sc(C4=CCCCC4)cc3N2C2CCN(C)CC2)CC1. The Kier molecular flexibility index (Phi) is 6.25. The molecule has 1 aromatic heterocycles. The van der Waals surface area contributed by atoms with Gasteiger partial charge in [-0.2, -0.15) is 0 Å². The molecule has 2 aliphatic carbocycles. The standard InChI is InChI=1S/C25H36N2OS2/c1-17-8-10-19(11-9-17)24-27(20-12-14-26(2)15-13-20)21-16-22(18-6-4-3-5-7-18)29-23(21)25(28)30-24/h6,16-17,19-20,28H,3-5,7-15H2,1-2H3. The van der Waals surface area contributed by atoms with Gasteiger partial charge in [0.05, 0.1) is 15.6 Å². The molecule has 0 radical (unpaired) electrons.